The molecule has 0 N–H and O–H groups in total. The summed E-state index contributed by atoms with van der Waals surface area (Å²) < 4.78 is 22.3. The smallest absolute Gasteiger partial charge is 0.309 e. The third-order valence-corrected chi connectivity index (χ3v) is 4.62. The Balaban J connectivity index is 4.84. The zero-order valence-electron chi connectivity index (χ0n) is 12.7. The first-order valence-electron chi connectivity index (χ1n) is 6.52. The molecule has 1 unspecified atom stereocenters. The molecule has 19 heavy (non-hydrogen) atoms. The Kier molecular flexibility index (Phi) is 7.12. The van der Waals surface area contributed by atoms with Crippen LogP contribution in [0.5, 0.6) is 0 Å². The van der Waals surface area contributed by atoms with Crippen molar-refractivity contribution in [1.82, 2.24) is 0 Å². The number of rotatable bonds is 8. The van der Waals surface area contributed by atoms with Crippen LogP contribution >= 0.6 is 7.60 Å². The van der Waals surface area contributed by atoms with Crippen molar-refractivity contribution >= 4 is 19.2 Å². The van der Waals surface area contributed by atoms with E-state index in [1.165, 1.54) is 6.92 Å². The summed E-state index contributed by atoms with van der Waals surface area (Å²) in [6, 6.07) is 0. The van der Waals surface area contributed by atoms with Crippen LogP contribution in [0.3, 0.4) is 0 Å². The second kappa shape index (κ2) is 7.32. The summed E-state index contributed by atoms with van der Waals surface area (Å²) in [4.78, 5) is 24.1. The average Bonchev–Trinajstić information content (AvgIpc) is 2.25. The number of carbonyl (C=O) groups excluding carboxylic acids is 2. The Labute approximate surface area is 115 Å². The fraction of sp³-hybridized carbons (Fsp3) is 0.846. The van der Waals surface area contributed by atoms with Crippen molar-refractivity contribution in [3.8, 4) is 0 Å². The van der Waals surface area contributed by atoms with Crippen molar-refractivity contribution in [3.63, 3.8) is 0 Å². The summed E-state index contributed by atoms with van der Waals surface area (Å²) in [5.41, 5.74) is -0.601. The highest BCUT2D eigenvalue weighted by Gasteiger charge is 2.36. The van der Waals surface area contributed by atoms with Gasteiger partial charge in [0.05, 0.1) is 19.1 Å². The van der Waals surface area contributed by atoms with Gasteiger partial charge in [-0.05, 0) is 20.8 Å². The maximum atomic E-state index is 12.2. The van der Waals surface area contributed by atoms with Crippen LogP contribution in [0.15, 0.2) is 0 Å². The molecule has 0 aliphatic rings. The van der Waals surface area contributed by atoms with Crippen molar-refractivity contribution in [1.29, 1.82) is 0 Å². The molecule has 0 aromatic carbocycles. The highest BCUT2D eigenvalue weighted by Crippen LogP contribution is 2.48. The topological polar surface area (TPSA) is 69.7 Å². The van der Waals surface area contributed by atoms with Gasteiger partial charge in [0.2, 0.25) is 0 Å². The van der Waals surface area contributed by atoms with E-state index in [-0.39, 0.29) is 25.2 Å². The standard InChI is InChI=1S/C13H25O5P/c1-7-17-19(16,18-8-2)9-11(14)10(3)12(15)13(4,5)6/h10H,7-9H2,1-6H3. The van der Waals surface area contributed by atoms with Crippen molar-refractivity contribution < 1.29 is 23.2 Å². The number of ketones is 2. The molecule has 1 atom stereocenters. The van der Waals surface area contributed by atoms with Gasteiger partial charge in [-0.1, -0.05) is 20.8 Å². The first-order chi connectivity index (χ1) is 8.57. The molecular formula is C13H25O5P. The fourth-order valence-corrected chi connectivity index (χ4v) is 3.34. The molecule has 0 fully saturated rings. The second-order valence-corrected chi connectivity index (χ2v) is 7.46. The van der Waals surface area contributed by atoms with Crippen LogP contribution in [0.1, 0.15) is 41.5 Å². The molecule has 0 aromatic rings. The highest BCUT2D eigenvalue weighted by molar-refractivity contribution is 7.54. The molecular weight excluding hydrogens is 267 g/mol. The lowest BCUT2D eigenvalue weighted by Gasteiger charge is -2.22. The molecule has 6 heteroatoms. The van der Waals surface area contributed by atoms with Crippen LogP contribution in [-0.4, -0.2) is 30.9 Å². The first-order valence-corrected chi connectivity index (χ1v) is 8.25. The number of Topliss-reactive ketones (excluding diaryl/α,β-unsaturated/α-hetero) is 2. The predicted octanol–water partition coefficient (Wildman–Crippen LogP) is 3.07. The molecule has 112 valence electrons. The average molecular weight is 292 g/mol. The van der Waals surface area contributed by atoms with E-state index >= 15 is 0 Å². The zero-order chi connectivity index (χ0) is 15.3. The van der Waals surface area contributed by atoms with Gasteiger partial charge < -0.3 is 9.05 Å². The maximum absolute atomic E-state index is 12.2. The lowest BCUT2D eigenvalue weighted by Crippen LogP contribution is -2.33. The van der Waals surface area contributed by atoms with Crippen LogP contribution in [0, 0.1) is 11.3 Å². The Morgan fingerprint density at radius 2 is 1.53 bits per heavy atom. The minimum atomic E-state index is -3.42. The van der Waals surface area contributed by atoms with Crippen molar-refractivity contribution in [2.24, 2.45) is 11.3 Å². The molecule has 0 heterocycles. The zero-order valence-corrected chi connectivity index (χ0v) is 13.6. The third kappa shape index (κ3) is 5.98. The Morgan fingerprint density at radius 1 is 1.11 bits per heavy atom. The van der Waals surface area contributed by atoms with E-state index < -0.39 is 24.7 Å². The first kappa shape index (κ1) is 18.5. The van der Waals surface area contributed by atoms with E-state index in [9.17, 15) is 14.2 Å². The lowest BCUT2D eigenvalue weighted by atomic mass is 9.82. The molecule has 0 bridgehead atoms. The van der Waals surface area contributed by atoms with E-state index in [1.54, 1.807) is 34.6 Å². The molecule has 0 aromatic heterocycles. The highest BCUT2D eigenvalue weighted by atomic mass is 31.2. The van der Waals surface area contributed by atoms with Gasteiger partial charge in [-0.2, -0.15) is 0 Å². The van der Waals surface area contributed by atoms with E-state index in [1.807, 2.05) is 0 Å². The number of carbonyl (C=O) groups is 2. The number of hydrogen-bond donors (Lipinski definition) is 0. The quantitative estimate of drug-likeness (QED) is 0.508. The minimum absolute atomic E-state index is 0.169. The SMILES string of the molecule is CCOP(=O)(CC(=O)C(C)C(=O)C(C)(C)C)OCC. The summed E-state index contributed by atoms with van der Waals surface area (Å²) in [5, 5.41) is 0. The molecule has 0 amide bonds. The van der Waals surface area contributed by atoms with Crippen LogP contribution in [0.25, 0.3) is 0 Å². The van der Waals surface area contributed by atoms with E-state index in [0.717, 1.165) is 0 Å². The summed E-state index contributed by atoms with van der Waals surface area (Å²) in [6.07, 6.45) is -0.350. The van der Waals surface area contributed by atoms with E-state index in [2.05, 4.69) is 0 Å². The Hall–Kier alpha value is -0.510. The molecule has 0 aliphatic carbocycles. The van der Waals surface area contributed by atoms with E-state index in [4.69, 9.17) is 9.05 Å². The molecule has 0 spiro atoms. The van der Waals surface area contributed by atoms with Gasteiger partial charge in [0.25, 0.3) is 0 Å². The van der Waals surface area contributed by atoms with Gasteiger partial charge in [0, 0.05) is 5.41 Å². The van der Waals surface area contributed by atoms with Crippen LogP contribution < -0.4 is 0 Å². The van der Waals surface area contributed by atoms with Gasteiger partial charge in [-0.25, -0.2) is 0 Å². The van der Waals surface area contributed by atoms with Gasteiger partial charge in [-0.3, -0.25) is 14.2 Å². The molecule has 0 saturated heterocycles. The molecule has 0 radical (unpaired) electrons. The van der Waals surface area contributed by atoms with Crippen molar-refractivity contribution in [3.05, 3.63) is 0 Å². The van der Waals surface area contributed by atoms with Gasteiger partial charge >= 0.3 is 7.60 Å². The van der Waals surface area contributed by atoms with Crippen molar-refractivity contribution in [2.75, 3.05) is 19.4 Å². The summed E-state index contributed by atoms with van der Waals surface area (Å²) in [6.45, 7) is 10.6. The second-order valence-electron chi connectivity index (χ2n) is 5.41. The van der Waals surface area contributed by atoms with Crippen molar-refractivity contribution in [2.45, 2.75) is 41.5 Å². The van der Waals surface area contributed by atoms with Gasteiger partial charge in [0.15, 0.2) is 5.78 Å². The lowest BCUT2D eigenvalue weighted by molar-refractivity contribution is -0.135. The normalized spacial score (nSPS) is 14.2. The van der Waals surface area contributed by atoms with E-state index in [0.29, 0.717) is 0 Å². The molecule has 0 aliphatic heterocycles. The molecule has 0 saturated carbocycles. The Bertz CT molecular complexity index is 360. The Morgan fingerprint density at radius 3 is 1.84 bits per heavy atom. The van der Waals surface area contributed by atoms with Gasteiger partial charge in [-0.15, -0.1) is 0 Å². The van der Waals surface area contributed by atoms with Gasteiger partial charge in [0.1, 0.15) is 11.9 Å². The summed E-state index contributed by atoms with van der Waals surface area (Å²) >= 11 is 0. The maximum Gasteiger partial charge on any atom is 0.338 e. The summed E-state index contributed by atoms with van der Waals surface area (Å²) in [5.74, 6) is -1.36. The summed E-state index contributed by atoms with van der Waals surface area (Å²) in [7, 11) is -3.42. The predicted molar refractivity (Wildman–Crippen MR) is 74.4 cm³/mol. The monoisotopic (exact) mass is 292 g/mol. The largest absolute Gasteiger partial charge is 0.338 e. The van der Waals surface area contributed by atoms with Crippen LogP contribution in [-0.2, 0) is 23.2 Å². The van der Waals surface area contributed by atoms with Crippen LogP contribution in [0.4, 0.5) is 0 Å². The van der Waals surface area contributed by atoms with Crippen LogP contribution in [0.2, 0.25) is 0 Å². The fourth-order valence-electron chi connectivity index (χ4n) is 1.65. The number of hydrogen-bond acceptors (Lipinski definition) is 5. The minimum Gasteiger partial charge on any atom is -0.309 e. The molecule has 5 nitrogen and oxygen atoms in total. The third-order valence-electron chi connectivity index (χ3n) is 2.62. The molecule has 0 rings (SSSR count).